The molecule has 3 aromatic rings. The molecule has 1 amide bonds. The van der Waals surface area contributed by atoms with Crippen molar-refractivity contribution in [1.82, 2.24) is 15.2 Å². The standard InChI is InChI=1S/C27H32N4O3S/c1-4-7-17-33-20-15-13-19(14-16-20)26-31(23(32)6-3)22-12-10-9-11-21(22)24-25(34-26)28-27(30-29-24)35-18-8-5-2/h9-16,26H,4-8,17-18H2,1-3H3/t26-/m1/s1. The first-order valence-electron chi connectivity index (χ1n) is 12.3. The lowest BCUT2D eigenvalue weighted by Crippen LogP contribution is -2.37. The van der Waals surface area contributed by atoms with Crippen molar-refractivity contribution in [3.05, 3.63) is 54.1 Å². The van der Waals surface area contributed by atoms with E-state index in [1.807, 2.05) is 55.5 Å². The van der Waals surface area contributed by atoms with Crippen molar-refractivity contribution in [1.29, 1.82) is 0 Å². The van der Waals surface area contributed by atoms with E-state index in [9.17, 15) is 4.79 Å². The second-order valence-corrected chi connectivity index (χ2v) is 9.39. The molecule has 1 atom stereocenters. The first kappa shape index (κ1) is 25.0. The third kappa shape index (κ3) is 5.75. The van der Waals surface area contributed by atoms with E-state index in [-0.39, 0.29) is 5.91 Å². The van der Waals surface area contributed by atoms with Crippen LogP contribution in [-0.4, -0.2) is 33.4 Å². The maximum atomic E-state index is 13.3. The Kier molecular flexibility index (Phi) is 8.58. The van der Waals surface area contributed by atoms with Gasteiger partial charge in [-0.1, -0.05) is 63.6 Å². The van der Waals surface area contributed by atoms with Gasteiger partial charge in [0.1, 0.15) is 5.75 Å². The van der Waals surface area contributed by atoms with Crippen molar-refractivity contribution < 1.29 is 14.3 Å². The molecule has 1 aliphatic rings. The van der Waals surface area contributed by atoms with E-state index < -0.39 is 6.23 Å². The minimum absolute atomic E-state index is 0.0518. The van der Waals surface area contributed by atoms with E-state index in [0.29, 0.717) is 29.8 Å². The number of carbonyl (C=O) groups is 1. The summed E-state index contributed by atoms with van der Waals surface area (Å²) in [6.45, 7) is 6.82. The SMILES string of the molecule is CCCCOc1ccc([C@H]2Oc3nc(SCCCC)nnc3-c3ccccc3N2C(=O)CC)cc1. The Balaban J connectivity index is 1.75. The monoisotopic (exact) mass is 492 g/mol. The Labute approximate surface area is 211 Å². The molecule has 0 N–H and O–H groups in total. The molecule has 7 nitrogen and oxygen atoms in total. The second-order valence-electron chi connectivity index (χ2n) is 8.33. The minimum Gasteiger partial charge on any atom is -0.494 e. The van der Waals surface area contributed by atoms with Gasteiger partial charge in [-0.2, -0.15) is 4.98 Å². The van der Waals surface area contributed by atoms with Gasteiger partial charge in [0.15, 0.2) is 5.69 Å². The van der Waals surface area contributed by atoms with Gasteiger partial charge in [-0.05, 0) is 43.2 Å². The van der Waals surface area contributed by atoms with Gasteiger partial charge < -0.3 is 9.47 Å². The lowest BCUT2D eigenvalue weighted by Gasteiger charge is -2.30. The van der Waals surface area contributed by atoms with E-state index >= 15 is 0 Å². The number of anilines is 1. The van der Waals surface area contributed by atoms with E-state index in [1.54, 1.807) is 16.7 Å². The first-order valence-corrected chi connectivity index (χ1v) is 13.3. The molecule has 1 aromatic heterocycles. The van der Waals surface area contributed by atoms with Crippen molar-refractivity contribution in [2.45, 2.75) is 64.3 Å². The van der Waals surface area contributed by atoms with Gasteiger partial charge >= 0.3 is 0 Å². The summed E-state index contributed by atoms with van der Waals surface area (Å²) in [5, 5.41) is 9.40. The van der Waals surface area contributed by atoms with Crippen LogP contribution in [0, 0.1) is 0 Å². The fraction of sp³-hybridized carbons (Fsp3) is 0.407. The third-order valence-electron chi connectivity index (χ3n) is 5.74. The highest BCUT2D eigenvalue weighted by Crippen LogP contribution is 2.43. The molecule has 1 aliphatic heterocycles. The topological polar surface area (TPSA) is 77.4 Å². The number of amides is 1. The Bertz CT molecular complexity index is 1140. The van der Waals surface area contributed by atoms with Crippen molar-refractivity contribution in [3.63, 3.8) is 0 Å². The summed E-state index contributed by atoms with van der Waals surface area (Å²) in [5.41, 5.74) is 2.87. The first-order chi connectivity index (χ1) is 17.2. The van der Waals surface area contributed by atoms with Gasteiger partial charge in [-0.3, -0.25) is 9.69 Å². The molecule has 35 heavy (non-hydrogen) atoms. The number of hydrogen-bond donors (Lipinski definition) is 0. The smallest absolute Gasteiger partial charge is 0.247 e. The molecule has 0 spiro atoms. The summed E-state index contributed by atoms with van der Waals surface area (Å²) in [4.78, 5) is 19.7. The molecule has 2 aromatic carbocycles. The van der Waals surface area contributed by atoms with Gasteiger partial charge in [0.05, 0.1) is 12.3 Å². The van der Waals surface area contributed by atoms with Crippen LogP contribution in [0.3, 0.4) is 0 Å². The Morgan fingerprint density at radius 3 is 2.54 bits per heavy atom. The number of benzene rings is 2. The number of carbonyl (C=O) groups excluding carboxylic acids is 1. The lowest BCUT2D eigenvalue weighted by molar-refractivity contribution is -0.120. The lowest BCUT2D eigenvalue weighted by atomic mass is 10.1. The number of rotatable bonds is 10. The largest absolute Gasteiger partial charge is 0.494 e. The number of thioether (sulfide) groups is 1. The van der Waals surface area contributed by atoms with Crippen LogP contribution in [-0.2, 0) is 4.79 Å². The number of para-hydroxylation sites is 1. The maximum Gasteiger partial charge on any atom is 0.247 e. The van der Waals surface area contributed by atoms with Gasteiger partial charge in [0.25, 0.3) is 0 Å². The van der Waals surface area contributed by atoms with Crippen LogP contribution in [0.25, 0.3) is 11.3 Å². The number of aromatic nitrogens is 3. The van der Waals surface area contributed by atoms with Gasteiger partial charge in [0, 0.05) is 23.3 Å². The zero-order valence-electron chi connectivity index (χ0n) is 20.6. The molecule has 0 saturated carbocycles. The zero-order chi connectivity index (χ0) is 24.6. The van der Waals surface area contributed by atoms with Crippen molar-refractivity contribution in [2.24, 2.45) is 0 Å². The van der Waals surface area contributed by atoms with E-state index in [4.69, 9.17) is 14.5 Å². The van der Waals surface area contributed by atoms with Gasteiger partial charge in [-0.25, -0.2) is 0 Å². The van der Waals surface area contributed by atoms with Crippen LogP contribution >= 0.6 is 11.8 Å². The van der Waals surface area contributed by atoms with Crippen LogP contribution < -0.4 is 14.4 Å². The minimum atomic E-state index is -0.695. The Morgan fingerprint density at radius 1 is 1.03 bits per heavy atom. The van der Waals surface area contributed by atoms with Gasteiger partial charge in [-0.15, -0.1) is 10.2 Å². The number of nitrogens with zero attached hydrogens (tertiary/aromatic N) is 4. The number of unbranched alkanes of at least 4 members (excludes halogenated alkanes) is 2. The van der Waals surface area contributed by atoms with Crippen LogP contribution in [0.4, 0.5) is 5.69 Å². The average molecular weight is 493 g/mol. The van der Waals surface area contributed by atoms with Crippen LogP contribution in [0.5, 0.6) is 11.6 Å². The van der Waals surface area contributed by atoms with Crippen LogP contribution in [0.15, 0.2) is 53.7 Å². The molecule has 0 aliphatic carbocycles. The number of ether oxygens (including phenoxy) is 2. The van der Waals surface area contributed by atoms with Crippen LogP contribution in [0.1, 0.15) is 64.7 Å². The predicted octanol–water partition coefficient (Wildman–Crippen LogP) is 6.44. The third-order valence-corrected chi connectivity index (χ3v) is 6.67. The molecule has 8 heteroatoms. The molecule has 0 saturated heterocycles. The fourth-order valence-electron chi connectivity index (χ4n) is 3.80. The summed E-state index contributed by atoms with van der Waals surface area (Å²) >= 11 is 1.56. The van der Waals surface area contributed by atoms with Crippen molar-refractivity contribution >= 4 is 23.4 Å². The summed E-state index contributed by atoms with van der Waals surface area (Å²) in [6, 6.07) is 15.4. The second kappa shape index (κ2) is 12.0. The van der Waals surface area contributed by atoms with E-state index in [0.717, 1.165) is 54.0 Å². The molecule has 0 bridgehead atoms. The molecular weight excluding hydrogens is 460 g/mol. The zero-order valence-corrected chi connectivity index (χ0v) is 21.4. The quantitative estimate of drug-likeness (QED) is 0.238. The van der Waals surface area contributed by atoms with E-state index in [2.05, 4.69) is 24.0 Å². The molecule has 0 radical (unpaired) electrons. The summed E-state index contributed by atoms with van der Waals surface area (Å²) < 4.78 is 12.3. The van der Waals surface area contributed by atoms with E-state index in [1.165, 1.54) is 0 Å². The summed E-state index contributed by atoms with van der Waals surface area (Å²) in [5.74, 6) is 2.04. The van der Waals surface area contributed by atoms with Crippen molar-refractivity contribution in [3.8, 4) is 22.9 Å². The highest BCUT2D eigenvalue weighted by molar-refractivity contribution is 7.99. The van der Waals surface area contributed by atoms with Crippen molar-refractivity contribution in [2.75, 3.05) is 17.3 Å². The highest BCUT2D eigenvalue weighted by atomic mass is 32.2. The normalized spacial score (nSPS) is 14.5. The Morgan fingerprint density at radius 2 is 1.80 bits per heavy atom. The van der Waals surface area contributed by atoms with Crippen LogP contribution in [0.2, 0.25) is 0 Å². The number of hydrogen-bond acceptors (Lipinski definition) is 7. The molecule has 0 unspecified atom stereocenters. The highest BCUT2D eigenvalue weighted by Gasteiger charge is 2.35. The average Bonchev–Trinajstić information content (AvgIpc) is 3.03. The Hall–Kier alpha value is -3.13. The predicted molar refractivity (Wildman–Crippen MR) is 139 cm³/mol. The maximum absolute atomic E-state index is 13.3. The molecule has 184 valence electrons. The fourth-order valence-corrected chi connectivity index (χ4v) is 4.66. The van der Waals surface area contributed by atoms with Gasteiger partial charge in [0.2, 0.25) is 23.2 Å². The molecule has 0 fully saturated rings. The molecular formula is C27H32N4O3S. The molecule has 4 rings (SSSR count). The molecule has 2 heterocycles. The number of fused-ring (bicyclic) bond motifs is 3. The summed E-state index contributed by atoms with van der Waals surface area (Å²) in [7, 11) is 0. The summed E-state index contributed by atoms with van der Waals surface area (Å²) in [6.07, 6.45) is 3.90.